The van der Waals surface area contributed by atoms with E-state index in [0.717, 1.165) is 11.3 Å². The lowest BCUT2D eigenvalue weighted by atomic mass is 10.2. The molecule has 0 bridgehead atoms. The van der Waals surface area contributed by atoms with Gasteiger partial charge in [0.05, 0.1) is 10.3 Å². The Hall–Kier alpha value is -2.31. The van der Waals surface area contributed by atoms with Crippen LogP contribution in [0.2, 0.25) is 5.02 Å². The van der Waals surface area contributed by atoms with E-state index in [1.165, 1.54) is 11.8 Å². The molecule has 3 rings (SSSR count). The second kappa shape index (κ2) is 7.72. The third-order valence-electron chi connectivity index (χ3n) is 3.64. The fourth-order valence-electron chi connectivity index (χ4n) is 2.27. The van der Waals surface area contributed by atoms with Crippen LogP contribution in [0.15, 0.2) is 59.8 Å². The summed E-state index contributed by atoms with van der Waals surface area (Å²) in [6.45, 7) is 1.84. The van der Waals surface area contributed by atoms with E-state index in [0.29, 0.717) is 16.0 Å². The van der Waals surface area contributed by atoms with E-state index in [2.05, 4.69) is 15.5 Å². The number of halogens is 1. The van der Waals surface area contributed by atoms with Gasteiger partial charge in [0, 0.05) is 18.3 Å². The predicted molar refractivity (Wildman–Crippen MR) is 102 cm³/mol. The number of carbonyl (C=O) groups is 1. The summed E-state index contributed by atoms with van der Waals surface area (Å²) < 4.78 is 1.85. The van der Waals surface area contributed by atoms with Crippen LogP contribution in [-0.4, -0.2) is 25.9 Å². The van der Waals surface area contributed by atoms with Crippen LogP contribution in [0.3, 0.4) is 0 Å². The summed E-state index contributed by atoms with van der Waals surface area (Å²) >= 11 is 7.59. The van der Waals surface area contributed by atoms with Gasteiger partial charge in [0.15, 0.2) is 11.0 Å². The van der Waals surface area contributed by atoms with Crippen LogP contribution in [-0.2, 0) is 11.8 Å². The number of aromatic nitrogens is 3. The maximum atomic E-state index is 12.3. The lowest BCUT2D eigenvalue weighted by molar-refractivity contribution is -0.115. The molecule has 0 aliphatic carbocycles. The molecule has 1 amide bonds. The van der Waals surface area contributed by atoms with Gasteiger partial charge in [0.1, 0.15) is 0 Å². The maximum Gasteiger partial charge on any atom is 0.237 e. The number of hydrogen-bond acceptors (Lipinski definition) is 4. The first-order chi connectivity index (χ1) is 12.1. The van der Waals surface area contributed by atoms with Crippen LogP contribution in [0, 0.1) is 0 Å². The molecule has 1 heterocycles. The minimum Gasteiger partial charge on any atom is -0.325 e. The highest BCUT2D eigenvalue weighted by Gasteiger charge is 2.20. The Morgan fingerprint density at radius 3 is 2.52 bits per heavy atom. The number of carbonyl (C=O) groups excluding carboxylic acids is 1. The van der Waals surface area contributed by atoms with Crippen molar-refractivity contribution in [3.05, 3.63) is 59.6 Å². The molecule has 0 saturated heterocycles. The zero-order valence-electron chi connectivity index (χ0n) is 13.8. The molecule has 128 valence electrons. The van der Waals surface area contributed by atoms with Crippen molar-refractivity contribution in [1.82, 2.24) is 14.8 Å². The van der Waals surface area contributed by atoms with Gasteiger partial charge in [-0.3, -0.25) is 4.79 Å². The molecule has 1 aromatic heterocycles. The van der Waals surface area contributed by atoms with E-state index in [4.69, 9.17) is 11.6 Å². The predicted octanol–water partition coefficient (Wildman–Crippen LogP) is 4.25. The second-order valence-corrected chi connectivity index (χ2v) is 7.18. The Labute approximate surface area is 155 Å². The molecule has 0 aliphatic rings. The molecule has 1 unspecified atom stereocenters. The average Bonchev–Trinajstić information content (AvgIpc) is 2.97. The van der Waals surface area contributed by atoms with Gasteiger partial charge in [-0.1, -0.05) is 53.7 Å². The SMILES string of the molecule is CC(Sc1nnc(-c2ccccc2Cl)n1C)C(=O)Nc1ccccc1. The molecule has 25 heavy (non-hydrogen) atoms. The fraction of sp³-hybridized carbons (Fsp3) is 0.167. The fourth-order valence-corrected chi connectivity index (χ4v) is 3.31. The molecule has 1 atom stereocenters. The Morgan fingerprint density at radius 2 is 1.80 bits per heavy atom. The molecule has 7 heteroatoms. The normalized spacial score (nSPS) is 12.0. The van der Waals surface area contributed by atoms with Crippen molar-refractivity contribution in [3.8, 4) is 11.4 Å². The van der Waals surface area contributed by atoms with Crippen molar-refractivity contribution in [2.45, 2.75) is 17.3 Å². The molecular formula is C18H17ClN4OS. The van der Waals surface area contributed by atoms with Gasteiger partial charge in [-0.05, 0) is 31.2 Å². The lowest BCUT2D eigenvalue weighted by Crippen LogP contribution is -2.22. The molecule has 0 radical (unpaired) electrons. The highest BCUT2D eigenvalue weighted by atomic mass is 35.5. The van der Waals surface area contributed by atoms with Gasteiger partial charge < -0.3 is 9.88 Å². The molecule has 0 fully saturated rings. The molecule has 2 aromatic carbocycles. The highest BCUT2D eigenvalue weighted by molar-refractivity contribution is 8.00. The van der Waals surface area contributed by atoms with Crippen molar-refractivity contribution in [2.75, 3.05) is 5.32 Å². The molecule has 5 nitrogen and oxygen atoms in total. The molecule has 0 saturated carbocycles. The van der Waals surface area contributed by atoms with Crippen molar-refractivity contribution in [3.63, 3.8) is 0 Å². The summed E-state index contributed by atoms with van der Waals surface area (Å²) in [6.07, 6.45) is 0. The van der Waals surface area contributed by atoms with Crippen molar-refractivity contribution in [1.29, 1.82) is 0 Å². The quantitative estimate of drug-likeness (QED) is 0.680. The number of hydrogen-bond donors (Lipinski definition) is 1. The zero-order chi connectivity index (χ0) is 17.8. The average molecular weight is 373 g/mol. The number of thioether (sulfide) groups is 1. The number of rotatable bonds is 5. The number of para-hydroxylation sites is 1. The Kier molecular flexibility index (Phi) is 5.40. The van der Waals surface area contributed by atoms with E-state index in [-0.39, 0.29) is 11.2 Å². The van der Waals surface area contributed by atoms with Crippen LogP contribution in [0.4, 0.5) is 5.69 Å². The van der Waals surface area contributed by atoms with Crippen LogP contribution in [0.5, 0.6) is 0 Å². The van der Waals surface area contributed by atoms with E-state index in [1.54, 1.807) is 0 Å². The van der Waals surface area contributed by atoms with Crippen LogP contribution in [0.25, 0.3) is 11.4 Å². The number of nitrogens with one attached hydrogen (secondary N) is 1. The summed E-state index contributed by atoms with van der Waals surface area (Å²) in [5, 5.41) is 12.3. The topological polar surface area (TPSA) is 59.8 Å². The maximum absolute atomic E-state index is 12.3. The third-order valence-corrected chi connectivity index (χ3v) is 5.11. The number of amides is 1. The number of nitrogens with zero attached hydrogens (tertiary/aromatic N) is 3. The lowest BCUT2D eigenvalue weighted by Gasteiger charge is -2.11. The number of benzene rings is 2. The number of anilines is 1. The monoisotopic (exact) mass is 372 g/mol. The first-order valence-corrected chi connectivity index (χ1v) is 8.99. The first kappa shape index (κ1) is 17.5. The van der Waals surface area contributed by atoms with Gasteiger partial charge in [-0.25, -0.2) is 0 Å². The van der Waals surface area contributed by atoms with Gasteiger partial charge in [0.2, 0.25) is 5.91 Å². The highest BCUT2D eigenvalue weighted by Crippen LogP contribution is 2.29. The van der Waals surface area contributed by atoms with E-state index < -0.39 is 0 Å². The van der Waals surface area contributed by atoms with Crippen molar-refractivity contribution in [2.24, 2.45) is 7.05 Å². The van der Waals surface area contributed by atoms with Gasteiger partial charge >= 0.3 is 0 Å². The minimum atomic E-state index is -0.317. The summed E-state index contributed by atoms with van der Waals surface area (Å²) in [6, 6.07) is 16.9. The molecular weight excluding hydrogens is 356 g/mol. The van der Waals surface area contributed by atoms with Crippen molar-refractivity contribution >= 4 is 35.0 Å². The second-order valence-electron chi connectivity index (χ2n) is 5.46. The van der Waals surface area contributed by atoms with E-state index in [1.807, 2.05) is 73.1 Å². The molecule has 1 N–H and O–H groups in total. The molecule has 0 aliphatic heterocycles. The van der Waals surface area contributed by atoms with E-state index >= 15 is 0 Å². The summed E-state index contributed by atoms with van der Waals surface area (Å²) in [7, 11) is 1.86. The summed E-state index contributed by atoms with van der Waals surface area (Å²) in [5.41, 5.74) is 1.59. The molecule has 0 spiro atoms. The van der Waals surface area contributed by atoms with Gasteiger partial charge in [0.25, 0.3) is 0 Å². The van der Waals surface area contributed by atoms with E-state index in [9.17, 15) is 4.79 Å². The summed E-state index contributed by atoms with van der Waals surface area (Å²) in [5.74, 6) is 0.585. The molecule has 3 aromatic rings. The first-order valence-electron chi connectivity index (χ1n) is 7.73. The Bertz CT molecular complexity index is 882. The van der Waals surface area contributed by atoms with Crippen LogP contribution < -0.4 is 5.32 Å². The standard InChI is InChI=1S/C18H17ClN4OS/c1-12(17(24)20-13-8-4-3-5-9-13)25-18-22-21-16(23(18)2)14-10-6-7-11-15(14)19/h3-12H,1-2H3,(H,20,24). The smallest absolute Gasteiger partial charge is 0.237 e. The van der Waals surface area contributed by atoms with Gasteiger partial charge in [-0.2, -0.15) is 0 Å². The Morgan fingerprint density at radius 1 is 1.12 bits per heavy atom. The largest absolute Gasteiger partial charge is 0.325 e. The van der Waals surface area contributed by atoms with Crippen LogP contribution >= 0.6 is 23.4 Å². The Balaban J connectivity index is 1.73. The minimum absolute atomic E-state index is 0.0847. The summed E-state index contributed by atoms with van der Waals surface area (Å²) in [4.78, 5) is 12.3. The zero-order valence-corrected chi connectivity index (χ0v) is 15.4. The van der Waals surface area contributed by atoms with Gasteiger partial charge in [-0.15, -0.1) is 10.2 Å². The van der Waals surface area contributed by atoms with Crippen LogP contribution in [0.1, 0.15) is 6.92 Å². The third kappa shape index (κ3) is 4.03. The van der Waals surface area contributed by atoms with Crippen molar-refractivity contribution < 1.29 is 4.79 Å².